The van der Waals surface area contributed by atoms with E-state index in [9.17, 15) is 14.4 Å². The number of nitrogens with zero attached hydrogens (tertiary/aromatic N) is 1. The van der Waals surface area contributed by atoms with Gasteiger partial charge in [0.15, 0.2) is 0 Å². The Morgan fingerprint density at radius 3 is 2.16 bits per heavy atom. The molecule has 0 bridgehead atoms. The molecule has 0 spiro atoms. The first-order chi connectivity index (χ1) is 11.8. The highest BCUT2D eigenvalue weighted by Crippen LogP contribution is 2.20. The highest BCUT2D eigenvalue weighted by molar-refractivity contribution is 6.02. The number of aryl methyl sites for hydroxylation is 1. The van der Waals surface area contributed by atoms with Crippen molar-refractivity contribution in [2.75, 3.05) is 22.1 Å². The molecule has 2 rings (SSSR count). The van der Waals surface area contributed by atoms with E-state index in [-0.39, 0.29) is 24.3 Å². The summed E-state index contributed by atoms with van der Waals surface area (Å²) in [5, 5.41) is 5.44. The van der Waals surface area contributed by atoms with Gasteiger partial charge in [0.2, 0.25) is 17.7 Å². The van der Waals surface area contributed by atoms with Crippen LogP contribution in [-0.2, 0) is 14.4 Å². The fraction of sp³-hybridized carbons (Fsp3) is 0.211. The van der Waals surface area contributed by atoms with Gasteiger partial charge in [0, 0.05) is 30.9 Å². The molecule has 0 heterocycles. The highest BCUT2D eigenvalue weighted by atomic mass is 16.2. The summed E-state index contributed by atoms with van der Waals surface area (Å²) in [5.41, 5.74) is 2.82. The number of rotatable bonds is 5. The number of carbonyl (C=O) groups is 3. The van der Waals surface area contributed by atoms with Crippen LogP contribution in [0, 0.1) is 6.92 Å². The molecular formula is C19H21N3O3. The molecule has 25 heavy (non-hydrogen) atoms. The van der Waals surface area contributed by atoms with Gasteiger partial charge in [0.05, 0.1) is 0 Å². The normalized spacial score (nSPS) is 10.0. The van der Waals surface area contributed by atoms with Crippen LogP contribution in [-0.4, -0.2) is 24.3 Å². The molecule has 2 aromatic rings. The van der Waals surface area contributed by atoms with Crippen LogP contribution in [0.15, 0.2) is 48.5 Å². The Balaban J connectivity index is 2.14. The molecule has 0 aliphatic heterocycles. The Morgan fingerprint density at radius 1 is 0.920 bits per heavy atom. The molecule has 0 aromatic heterocycles. The minimum absolute atomic E-state index is 0.118. The molecule has 0 saturated heterocycles. The standard InChI is InChI=1S/C19H21N3O3/c1-13-6-4-7-16(10-13)21-19(25)12-22(15(3)24)18-9-5-8-17(11-18)20-14(2)23/h4-11H,12H2,1-3H3,(H,20,23)(H,21,25). The van der Waals surface area contributed by atoms with Crippen molar-refractivity contribution in [2.45, 2.75) is 20.8 Å². The van der Waals surface area contributed by atoms with Crippen molar-refractivity contribution in [2.24, 2.45) is 0 Å². The van der Waals surface area contributed by atoms with E-state index in [0.29, 0.717) is 17.1 Å². The summed E-state index contributed by atoms with van der Waals surface area (Å²) in [4.78, 5) is 36.8. The van der Waals surface area contributed by atoms with Gasteiger partial charge < -0.3 is 15.5 Å². The van der Waals surface area contributed by atoms with Gasteiger partial charge in [-0.15, -0.1) is 0 Å². The predicted octanol–water partition coefficient (Wildman–Crippen LogP) is 2.95. The van der Waals surface area contributed by atoms with Crippen LogP contribution in [0.2, 0.25) is 0 Å². The Bertz CT molecular complexity index is 802. The second-order valence-corrected chi connectivity index (χ2v) is 5.75. The predicted molar refractivity (Wildman–Crippen MR) is 98.6 cm³/mol. The molecule has 0 aliphatic rings. The molecule has 6 nitrogen and oxygen atoms in total. The largest absolute Gasteiger partial charge is 0.326 e. The first-order valence-corrected chi connectivity index (χ1v) is 7.87. The Kier molecular flexibility index (Phi) is 5.89. The number of anilines is 3. The van der Waals surface area contributed by atoms with Crippen LogP contribution in [0.4, 0.5) is 17.1 Å². The third kappa shape index (κ3) is 5.46. The summed E-state index contributed by atoms with van der Waals surface area (Å²) in [6.07, 6.45) is 0. The second kappa shape index (κ2) is 8.10. The molecular weight excluding hydrogens is 318 g/mol. The van der Waals surface area contributed by atoms with E-state index in [1.54, 1.807) is 30.3 Å². The maximum atomic E-state index is 12.3. The quantitative estimate of drug-likeness (QED) is 0.879. The average Bonchev–Trinajstić information content (AvgIpc) is 2.52. The molecule has 2 aromatic carbocycles. The van der Waals surface area contributed by atoms with E-state index in [1.165, 1.54) is 18.7 Å². The van der Waals surface area contributed by atoms with Crippen LogP contribution in [0.5, 0.6) is 0 Å². The van der Waals surface area contributed by atoms with Gasteiger partial charge in [-0.3, -0.25) is 14.4 Å². The summed E-state index contributed by atoms with van der Waals surface area (Å²) in [6, 6.07) is 14.2. The topological polar surface area (TPSA) is 78.5 Å². The van der Waals surface area contributed by atoms with Gasteiger partial charge in [0.1, 0.15) is 6.54 Å². The zero-order chi connectivity index (χ0) is 18.4. The lowest BCUT2D eigenvalue weighted by atomic mass is 10.2. The van der Waals surface area contributed by atoms with Crippen molar-refractivity contribution in [3.8, 4) is 0 Å². The highest BCUT2D eigenvalue weighted by Gasteiger charge is 2.16. The molecule has 0 aliphatic carbocycles. The molecule has 6 heteroatoms. The monoisotopic (exact) mass is 339 g/mol. The van der Waals surface area contributed by atoms with E-state index in [1.807, 2.05) is 25.1 Å². The fourth-order valence-corrected chi connectivity index (χ4v) is 2.41. The number of carbonyl (C=O) groups excluding carboxylic acids is 3. The summed E-state index contributed by atoms with van der Waals surface area (Å²) in [7, 11) is 0. The van der Waals surface area contributed by atoms with Gasteiger partial charge in [0.25, 0.3) is 0 Å². The lowest BCUT2D eigenvalue weighted by Crippen LogP contribution is -2.36. The number of amides is 3. The summed E-state index contributed by atoms with van der Waals surface area (Å²) < 4.78 is 0. The van der Waals surface area contributed by atoms with Crippen LogP contribution in [0.25, 0.3) is 0 Å². The van der Waals surface area contributed by atoms with Crippen molar-refractivity contribution in [1.82, 2.24) is 0 Å². The van der Waals surface area contributed by atoms with Gasteiger partial charge in [-0.2, -0.15) is 0 Å². The Morgan fingerprint density at radius 2 is 1.56 bits per heavy atom. The maximum absolute atomic E-state index is 12.3. The van der Waals surface area contributed by atoms with Gasteiger partial charge >= 0.3 is 0 Å². The Labute approximate surface area is 146 Å². The van der Waals surface area contributed by atoms with Gasteiger partial charge in [-0.1, -0.05) is 18.2 Å². The molecule has 3 amide bonds. The summed E-state index contributed by atoms with van der Waals surface area (Å²) >= 11 is 0. The number of hydrogen-bond donors (Lipinski definition) is 2. The van der Waals surface area contributed by atoms with Crippen LogP contribution in [0.1, 0.15) is 19.4 Å². The molecule has 130 valence electrons. The zero-order valence-corrected chi connectivity index (χ0v) is 14.5. The van der Waals surface area contributed by atoms with Crippen LogP contribution < -0.4 is 15.5 Å². The zero-order valence-electron chi connectivity index (χ0n) is 14.5. The number of nitrogens with one attached hydrogen (secondary N) is 2. The molecule has 0 fully saturated rings. The van der Waals surface area contributed by atoms with E-state index in [2.05, 4.69) is 10.6 Å². The summed E-state index contributed by atoms with van der Waals surface area (Å²) in [5.74, 6) is -0.770. The number of hydrogen-bond acceptors (Lipinski definition) is 3. The van der Waals surface area contributed by atoms with E-state index in [4.69, 9.17) is 0 Å². The van der Waals surface area contributed by atoms with Gasteiger partial charge in [-0.25, -0.2) is 0 Å². The lowest BCUT2D eigenvalue weighted by Gasteiger charge is -2.21. The van der Waals surface area contributed by atoms with Crippen molar-refractivity contribution in [1.29, 1.82) is 0 Å². The van der Waals surface area contributed by atoms with E-state index < -0.39 is 0 Å². The summed E-state index contributed by atoms with van der Waals surface area (Å²) in [6.45, 7) is 4.62. The lowest BCUT2D eigenvalue weighted by molar-refractivity contribution is -0.120. The van der Waals surface area contributed by atoms with Crippen LogP contribution >= 0.6 is 0 Å². The van der Waals surface area contributed by atoms with Crippen molar-refractivity contribution in [3.05, 3.63) is 54.1 Å². The van der Waals surface area contributed by atoms with Crippen molar-refractivity contribution >= 4 is 34.8 Å². The van der Waals surface area contributed by atoms with Crippen molar-refractivity contribution in [3.63, 3.8) is 0 Å². The Hall–Kier alpha value is -3.15. The minimum Gasteiger partial charge on any atom is -0.326 e. The second-order valence-electron chi connectivity index (χ2n) is 5.75. The molecule has 0 unspecified atom stereocenters. The molecule has 2 N–H and O–H groups in total. The van der Waals surface area contributed by atoms with E-state index >= 15 is 0 Å². The molecule has 0 saturated carbocycles. The molecule has 0 radical (unpaired) electrons. The van der Waals surface area contributed by atoms with Crippen LogP contribution in [0.3, 0.4) is 0 Å². The first-order valence-electron chi connectivity index (χ1n) is 7.87. The third-order valence-electron chi connectivity index (χ3n) is 3.46. The fourth-order valence-electron chi connectivity index (χ4n) is 2.41. The number of benzene rings is 2. The minimum atomic E-state index is -0.300. The SMILES string of the molecule is CC(=O)Nc1cccc(N(CC(=O)Nc2cccc(C)c2)C(C)=O)c1. The first kappa shape index (κ1) is 18.2. The van der Waals surface area contributed by atoms with E-state index in [0.717, 1.165) is 5.56 Å². The average molecular weight is 339 g/mol. The maximum Gasteiger partial charge on any atom is 0.244 e. The van der Waals surface area contributed by atoms with Crippen molar-refractivity contribution < 1.29 is 14.4 Å². The van der Waals surface area contributed by atoms with Gasteiger partial charge in [-0.05, 0) is 42.8 Å². The molecule has 0 atom stereocenters. The third-order valence-corrected chi connectivity index (χ3v) is 3.46. The smallest absolute Gasteiger partial charge is 0.244 e.